The van der Waals surface area contributed by atoms with Gasteiger partial charge < -0.3 is 14.1 Å². The van der Waals surface area contributed by atoms with Gasteiger partial charge in [-0.25, -0.2) is 9.97 Å². The summed E-state index contributed by atoms with van der Waals surface area (Å²) in [4.78, 5) is 27.8. The van der Waals surface area contributed by atoms with Crippen LogP contribution in [0, 0.1) is 12.8 Å². The Kier molecular flexibility index (Phi) is 5.30. The van der Waals surface area contributed by atoms with Crippen LogP contribution >= 0.6 is 0 Å². The standard InChI is InChI=1S/C23H21F3N4O3/c1-13-8-16(20(29-10-13)21-27-6-7-32-21)22(31)30-12-14-2-4-17(30)18(9-14)33-19-5-3-15(11-28-19)23(24,25)26/h3,5-8,10-11,14,17-18H,2,4,9,12H2,1H3/t14-,17-,18+/m0/s1. The number of halogens is 3. The molecule has 0 N–H and O–H groups in total. The van der Waals surface area contributed by atoms with Gasteiger partial charge in [-0.15, -0.1) is 0 Å². The number of oxazole rings is 1. The van der Waals surface area contributed by atoms with Crippen LogP contribution in [-0.2, 0) is 6.18 Å². The molecule has 3 aromatic rings. The van der Waals surface area contributed by atoms with Crippen molar-refractivity contribution in [3.63, 3.8) is 0 Å². The maximum Gasteiger partial charge on any atom is 0.417 e. The van der Waals surface area contributed by atoms with Gasteiger partial charge in [-0.1, -0.05) is 0 Å². The number of nitrogens with zero attached hydrogens (tertiary/aromatic N) is 4. The number of pyridine rings is 2. The van der Waals surface area contributed by atoms with E-state index in [9.17, 15) is 18.0 Å². The highest BCUT2D eigenvalue weighted by atomic mass is 19.4. The molecule has 5 heterocycles. The van der Waals surface area contributed by atoms with Crippen molar-refractivity contribution >= 4 is 5.91 Å². The van der Waals surface area contributed by atoms with E-state index < -0.39 is 11.7 Å². The zero-order valence-corrected chi connectivity index (χ0v) is 17.7. The first kappa shape index (κ1) is 21.4. The van der Waals surface area contributed by atoms with E-state index in [-0.39, 0.29) is 35.7 Å². The lowest BCUT2D eigenvalue weighted by Crippen LogP contribution is -2.59. The normalized spacial score (nSPS) is 22.4. The van der Waals surface area contributed by atoms with Crippen LogP contribution < -0.4 is 4.74 Å². The first-order valence-corrected chi connectivity index (χ1v) is 10.7. The molecule has 33 heavy (non-hydrogen) atoms. The fourth-order valence-electron chi connectivity index (χ4n) is 4.66. The number of piperidine rings is 2. The molecule has 2 saturated heterocycles. The first-order valence-electron chi connectivity index (χ1n) is 10.7. The van der Waals surface area contributed by atoms with Crippen molar-refractivity contribution in [2.75, 3.05) is 6.54 Å². The number of amides is 1. The molecule has 3 atom stereocenters. The third kappa shape index (κ3) is 4.17. The minimum absolute atomic E-state index is 0.116. The Balaban J connectivity index is 1.39. The average Bonchev–Trinajstić information content (AvgIpc) is 3.33. The zero-order valence-electron chi connectivity index (χ0n) is 17.7. The molecule has 6 rings (SSSR count). The largest absolute Gasteiger partial charge is 0.472 e. The highest BCUT2D eigenvalue weighted by Crippen LogP contribution is 2.39. The molecule has 1 aliphatic carbocycles. The molecule has 1 saturated carbocycles. The topological polar surface area (TPSA) is 81.4 Å². The van der Waals surface area contributed by atoms with Crippen molar-refractivity contribution in [3.05, 3.63) is 59.7 Å². The molecule has 0 radical (unpaired) electrons. The van der Waals surface area contributed by atoms with Crippen LogP contribution in [0.1, 0.15) is 40.7 Å². The average molecular weight is 458 g/mol. The van der Waals surface area contributed by atoms with Crippen molar-refractivity contribution in [3.8, 4) is 17.5 Å². The Morgan fingerprint density at radius 3 is 2.70 bits per heavy atom. The van der Waals surface area contributed by atoms with Gasteiger partial charge in [0.1, 0.15) is 18.1 Å². The highest BCUT2D eigenvalue weighted by Gasteiger charge is 2.45. The van der Waals surface area contributed by atoms with Crippen molar-refractivity contribution in [2.45, 2.75) is 44.5 Å². The number of carbonyl (C=O) groups excluding carboxylic acids is 1. The van der Waals surface area contributed by atoms with Gasteiger partial charge >= 0.3 is 6.18 Å². The van der Waals surface area contributed by atoms with Crippen LogP contribution in [0.2, 0.25) is 0 Å². The van der Waals surface area contributed by atoms with Crippen LogP contribution in [0.25, 0.3) is 11.6 Å². The van der Waals surface area contributed by atoms with E-state index in [1.54, 1.807) is 17.2 Å². The number of rotatable bonds is 4. The predicted octanol–water partition coefficient (Wildman–Crippen LogP) is 4.53. The minimum atomic E-state index is -4.46. The molecule has 172 valence electrons. The van der Waals surface area contributed by atoms with Crippen molar-refractivity contribution in [2.24, 2.45) is 5.92 Å². The van der Waals surface area contributed by atoms with Crippen molar-refractivity contribution < 1.29 is 27.1 Å². The maximum atomic E-state index is 13.6. The van der Waals surface area contributed by atoms with E-state index in [0.29, 0.717) is 17.8 Å². The Bertz CT molecular complexity index is 1150. The molecule has 2 aliphatic heterocycles. The molecule has 10 heteroatoms. The number of hydrogen-bond acceptors (Lipinski definition) is 6. The summed E-state index contributed by atoms with van der Waals surface area (Å²) in [5.74, 6) is 0.428. The van der Waals surface area contributed by atoms with Gasteiger partial charge in [-0.05, 0) is 49.8 Å². The Labute approximate surface area is 187 Å². The summed E-state index contributed by atoms with van der Waals surface area (Å²) in [5.41, 5.74) is 0.774. The summed E-state index contributed by atoms with van der Waals surface area (Å²) in [5, 5.41) is 0. The van der Waals surface area contributed by atoms with E-state index in [0.717, 1.165) is 37.1 Å². The van der Waals surface area contributed by atoms with Gasteiger partial charge in [0.2, 0.25) is 11.8 Å². The molecule has 2 bridgehead atoms. The van der Waals surface area contributed by atoms with Gasteiger partial charge in [-0.3, -0.25) is 9.78 Å². The molecular formula is C23H21F3N4O3. The van der Waals surface area contributed by atoms with Crippen molar-refractivity contribution in [1.29, 1.82) is 0 Å². The number of ether oxygens (including phenoxy) is 1. The summed E-state index contributed by atoms with van der Waals surface area (Å²) < 4.78 is 49.8. The van der Waals surface area contributed by atoms with Gasteiger partial charge in [0.25, 0.3) is 5.91 Å². The molecule has 0 spiro atoms. The smallest absolute Gasteiger partial charge is 0.417 e. The summed E-state index contributed by atoms with van der Waals surface area (Å²) in [6, 6.07) is 3.73. The lowest BCUT2D eigenvalue weighted by atomic mass is 9.77. The predicted molar refractivity (Wildman–Crippen MR) is 110 cm³/mol. The highest BCUT2D eigenvalue weighted by molar-refractivity contribution is 5.99. The molecule has 7 nitrogen and oxygen atoms in total. The Hall–Kier alpha value is -3.43. The van der Waals surface area contributed by atoms with Gasteiger partial charge in [0.15, 0.2) is 0 Å². The van der Waals surface area contributed by atoms with Gasteiger partial charge in [-0.2, -0.15) is 13.2 Å². The van der Waals surface area contributed by atoms with Crippen LogP contribution in [0.4, 0.5) is 13.2 Å². The van der Waals surface area contributed by atoms with E-state index in [2.05, 4.69) is 15.0 Å². The Morgan fingerprint density at radius 2 is 2.03 bits per heavy atom. The number of alkyl halides is 3. The van der Waals surface area contributed by atoms with E-state index in [1.807, 2.05) is 6.92 Å². The molecule has 3 aliphatic rings. The quantitative estimate of drug-likeness (QED) is 0.572. The summed E-state index contributed by atoms with van der Waals surface area (Å²) in [6.45, 7) is 2.44. The lowest BCUT2D eigenvalue weighted by molar-refractivity contribution is -0.137. The third-order valence-corrected chi connectivity index (χ3v) is 6.21. The third-order valence-electron chi connectivity index (χ3n) is 6.21. The van der Waals surface area contributed by atoms with E-state index in [4.69, 9.17) is 9.15 Å². The Morgan fingerprint density at radius 1 is 1.18 bits per heavy atom. The minimum Gasteiger partial charge on any atom is -0.472 e. The van der Waals surface area contributed by atoms with Gasteiger partial charge in [0.05, 0.1) is 23.4 Å². The van der Waals surface area contributed by atoms with Crippen LogP contribution in [0.3, 0.4) is 0 Å². The number of carbonyl (C=O) groups is 1. The van der Waals surface area contributed by atoms with E-state index >= 15 is 0 Å². The number of aryl methyl sites for hydroxylation is 1. The number of hydrogen-bond donors (Lipinski definition) is 0. The molecular weight excluding hydrogens is 437 g/mol. The second kappa shape index (κ2) is 8.17. The van der Waals surface area contributed by atoms with Crippen LogP contribution in [-0.4, -0.2) is 44.4 Å². The SMILES string of the molecule is Cc1cnc(-c2ncco2)c(C(=O)N2C[C@H]3CC[C@H]2[C@H](Oc2ccc(C(F)(F)F)cn2)C3)c1. The first-order chi connectivity index (χ1) is 15.8. The number of fused-ring (bicyclic) bond motifs is 3. The van der Waals surface area contributed by atoms with Gasteiger partial charge in [0, 0.05) is 25.0 Å². The monoisotopic (exact) mass is 458 g/mol. The van der Waals surface area contributed by atoms with Crippen molar-refractivity contribution in [1.82, 2.24) is 19.9 Å². The fourth-order valence-corrected chi connectivity index (χ4v) is 4.66. The number of aromatic nitrogens is 3. The molecule has 3 aromatic heterocycles. The van der Waals surface area contributed by atoms with Crippen LogP contribution in [0.5, 0.6) is 5.88 Å². The van der Waals surface area contributed by atoms with E-state index in [1.165, 1.54) is 18.5 Å². The lowest BCUT2D eigenvalue weighted by Gasteiger charge is -2.49. The second-order valence-electron chi connectivity index (χ2n) is 8.49. The second-order valence-corrected chi connectivity index (χ2v) is 8.49. The summed E-state index contributed by atoms with van der Waals surface area (Å²) in [7, 11) is 0. The molecule has 0 aromatic carbocycles. The molecule has 3 fully saturated rings. The zero-order chi connectivity index (χ0) is 23.2. The summed E-state index contributed by atoms with van der Waals surface area (Å²) >= 11 is 0. The maximum absolute atomic E-state index is 13.6. The molecule has 1 amide bonds. The summed E-state index contributed by atoms with van der Waals surface area (Å²) in [6.07, 6.45) is 2.96. The molecule has 0 unspecified atom stereocenters. The van der Waals surface area contributed by atoms with Crippen LogP contribution in [0.15, 0.2) is 47.5 Å². The fraction of sp³-hybridized carbons (Fsp3) is 0.391.